The Hall–Kier alpha value is -2.04. The minimum Gasteiger partial charge on any atom is -0.481 e. The van der Waals surface area contributed by atoms with Gasteiger partial charge in [-0.1, -0.05) is 17.7 Å². The van der Waals surface area contributed by atoms with E-state index in [1.54, 1.807) is 0 Å². The number of carboxylic acid groups (broad SMARTS) is 1. The zero-order chi connectivity index (χ0) is 13.3. The minimum atomic E-state index is -0.918. The zero-order valence-electron chi connectivity index (χ0n) is 10.1. The number of hydrogen-bond acceptors (Lipinski definition) is 3. The normalized spacial score (nSPS) is 26.2. The van der Waals surface area contributed by atoms with E-state index < -0.39 is 23.3 Å². The number of carbonyl (C=O) groups is 2. The number of anilines is 1. The van der Waals surface area contributed by atoms with Gasteiger partial charge in [-0.15, -0.1) is 0 Å². The number of rotatable bonds is 4. The molecule has 0 radical (unpaired) electrons. The number of carbonyl (C=O) groups excluding carboxylic acids is 1. The SMILES string of the molecule is Cc1ccc(NC2(C(N)=O)CC(C(=O)O)C2)cc1. The monoisotopic (exact) mass is 248 g/mol. The molecule has 1 aliphatic rings. The molecule has 4 N–H and O–H groups in total. The highest BCUT2D eigenvalue weighted by atomic mass is 16.4. The third-order valence-electron chi connectivity index (χ3n) is 3.45. The van der Waals surface area contributed by atoms with Gasteiger partial charge in [-0.05, 0) is 31.9 Å². The third kappa shape index (κ3) is 2.16. The van der Waals surface area contributed by atoms with Crippen LogP contribution in [-0.4, -0.2) is 22.5 Å². The molecule has 1 amide bonds. The van der Waals surface area contributed by atoms with Crippen LogP contribution in [0.3, 0.4) is 0 Å². The van der Waals surface area contributed by atoms with Crippen molar-refractivity contribution in [2.24, 2.45) is 11.7 Å². The molecule has 1 aliphatic carbocycles. The van der Waals surface area contributed by atoms with Crippen LogP contribution in [0.1, 0.15) is 18.4 Å². The van der Waals surface area contributed by atoms with Crippen LogP contribution in [0.15, 0.2) is 24.3 Å². The fourth-order valence-electron chi connectivity index (χ4n) is 2.23. The fraction of sp³-hybridized carbons (Fsp3) is 0.385. The lowest BCUT2D eigenvalue weighted by Gasteiger charge is -2.44. The summed E-state index contributed by atoms with van der Waals surface area (Å²) in [6, 6.07) is 7.55. The van der Waals surface area contributed by atoms with Gasteiger partial charge in [0.1, 0.15) is 5.54 Å². The first-order chi connectivity index (χ1) is 8.43. The molecule has 0 aliphatic heterocycles. The third-order valence-corrected chi connectivity index (χ3v) is 3.45. The van der Waals surface area contributed by atoms with Crippen molar-refractivity contribution in [2.45, 2.75) is 25.3 Å². The molecule has 0 unspecified atom stereocenters. The molecular formula is C13H16N2O3. The van der Waals surface area contributed by atoms with Gasteiger partial charge in [-0.3, -0.25) is 9.59 Å². The number of hydrogen-bond donors (Lipinski definition) is 3. The number of aryl methyl sites for hydroxylation is 1. The number of nitrogens with two attached hydrogens (primary N) is 1. The van der Waals surface area contributed by atoms with Crippen LogP contribution in [0.5, 0.6) is 0 Å². The van der Waals surface area contributed by atoms with Gasteiger partial charge in [0.2, 0.25) is 5.91 Å². The number of benzene rings is 1. The van der Waals surface area contributed by atoms with Crippen LogP contribution in [0.4, 0.5) is 5.69 Å². The molecule has 0 aromatic heterocycles. The quantitative estimate of drug-likeness (QED) is 0.744. The summed E-state index contributed by atoms with van der Waals surface area (Å²) in [6.07, 6.45) is 0.483. The van der Waals surface area contributed by atoms with Crippen LogP contribution in [0, 0.1) is 12.8 Å². The number of aliphatic carboxylic acids is 1. The second-order valence-corrected chi connectivity index (χ2v) is 4.88. The van der Waals surface area contributed by atoms with Crippen molar-refractivity contribution in [1.29, 1.82) is 0 Å². The van der Waals surface area contributed by atoms with Crippen molar-refractivity contribution < 1.29 is 14.7 Å². The summed E-state index contributed by atoms with van der Waals surface area (Å²) in [5.41, 5.74) is 6.36. The van der Waals surface area contributed by atoms with Crippen molar-refractivity contribution in [2.75, 3.05) is 5.32 Å². The lowest BCUT2D eigenvalue weighted by atomic mass is 9.67. The van der Waals surface area contributed by atoms with Gasteiger partial charge in [0.15, 0.2) is 0 Å². The van der Waals surface area contributed by atoms with Gasteiger partial charge in [-0.25, -0.2) is 0 Å². The predicted molar refractivity (Wildman–Crippen MR) is 67.1 cm³/mol. The van der Waals surface area contributed by atoms with Crippen molar-refractivity contribution in [3.8, 4) is 0 Å². The predicted octanol–water partition coefficient (Wildman–Crippen LogP) is 1.13. The van der Waals surface area contributed by atoms with Crippen LogP contribution >= 0.6 is 0 Å². The molecule has 1 fully saturated rings. The molecule has 0 heterocycles. The maximum Gasteiger partial charge on any atom is 0.306 e. The van der Waals surface area contributed by atoms with E-state index in [9.17, 15) is 9.59 Å². The Labute approximate surface area is 105 Å². The van der Waals surface area contributed by atoms with Crippen LogP contribution in [0.25, 0.3) is 0 Å². The Morgan fingerprint density at radius 1 is 1.33 bits per heavy atom. The van der Waals surface area contributed by atoms with Crippen molar-refractivity contribution in [3.05, 3.63) is 29.8 Å². The molecular weight excluding hydrogens is 232 g/mol. The highest BCUT2D eigenvalue weighted by Crippen LogP contribution is 2.40. The summed E-state index contributed by atoms with van der Waals surface area (Å²) in [5.74, 6) is -1.87. The van der Waals surface area contributed by atoms with Crippen LogP contribution < -0.4 is 11.1 Å². The molecule has 96 valence electrons. The zero-order valence-corrected chi connectivity index (χ0v) is 10.1. The molecule has 18 heavy (non-hydrogen) atoms. The average Bonchev–Trinajstić information content (AvgIpc) is 2.24. The topological polar surface area (TPSA) is 92.4 Å². The van der Waals surface area contributed by atoms with Crippen molar-refractivity contribution in [1.82, 2.24) is 0 Å². The smallest absolute Gasteiger partial charge is 0.306 e. The van der Waals surface area contributed by atoms with Crippen molar-refractivity contribution in [3.63, 3.8) is 0 Å². The van der Waals surface area contributed by atoms with E-state index in [0.29, 0.717) is 0 Å². The first-order valence-electron chi connectivity index (χ1n) is 5.80. The number of carboxylic acids is 1. The summed E-state index contributed by atoms with van der Waals surface area (Å²) in [4.78, 5) is 22.3. The van der Waals surface area contributed by atoms with Gasteiger partial charge in [0.25, 0.3) is 0 Å². The maximum absolute atomic E-state index is 11.5. The van der Waals surface area contributed by atoms with Gasteiger partial charge >= 0.3 is 5.97 Å². The molecule has 0 atom stereocenters. The molecule has 1 saturated carbocycles. The van der Waals surface area contributed by atoms with E-state index in [1.807, 2.05) is 31.2 Å². The summed E-state index contributed by atoms with van der Waals surface area (Å²) in [5, 5.41) is 11.9. The first kappa shape index (κ1) is 12.4. The maximum atomic E-state index is 11.5. The average molecular weight is 248 g/mol. The minimum absolute atomic E-state index is 0.242. The molecule has 1 aromatic carbocycles. The Morgan fingerprint density at radius 2 is 1.89 bits per heavy atom. The molecule has 0 bridgehead atoms. The molecule has 1 aromatic rings. The standard InChI is InChI=1S/C13H16N2O3/c1-8-2-4-10(5-3-8)15-13(12(14)18)6-9(7-13)11(16)17/h2-5,9,15H,6-7H2,1H3,(H2,14,18)(H,16,17). The highest BCUT2D eigenvalue weighted by molar-refractivity contribution is 5.91. The Kier molecular flexibility index (Phi) is 2.98. The van der Waals surface area contributed by atoms with Gasteiger partial charge in [0, 0.05) is 5.69 Å². The van der Waals surface area contributed by atoms with Crippen molar-refractivity contribution >= 4 is 17.6 Å². The van der Waals surface area contributed by atoms with E-state index in [4.69, 9.17) is 10.8 Å². The lowest BCUT2D eigenvalue weighted by molar-refractivity contribution is -0.148. The molecule has 0 saturated heterocycles. The number of nitrogens with one attached hydrogen (secondary N) is 1. The molecule has 5 nitrogen and oxygen atoms in total. The Morgan fingerprint density at radius 3 is 2.33 bits per heavy atom. The lowest BCUT2D eigenvalue weighted by Crippen LogP contribution is -2.60. The van der Waals surface area contributed by atoms with Gasteiger partial charge < -0.3 is 16.2 Å². The van der Waals surface area contributed by atoms with Gasteiger partial charge in [0.05, 0.1) is 5.92 Å². The molecule has 5 heteroatoms. The fourth-order valence-corrected chi connectivity index (χ4v) is 2.23. The summed E-state index contributed by atoms with van der Waals surface area (Å²) in [6.45, 7) is 1.97. The first-order valence-corrected chi connectivity index (χ1v) is 5.80. The van der Waals surface area contributed by atoms with Crippen LogP contribution in [0.2, 0.25) is 0 Å². The second kappa shape index (κ2) is 4.33. The summed E-state index contributed by atoms with van der Waals surface area (Å²) < 4.78 is 0. The Bertz CT molecular complexity index is 476. The molecule has 2 rings (SSSR count). The van der Waals surface area contributed by atoms with E-state index >= 15 is 0 Å². The largest absolute Gasteiger partial charge is 0.481 e. The van der Waals surface area contributed by atoms with E-state index in [-0.39, 0.29) is 12.8 Å². The number of primary amides is 1. The van der Waals surface area contributed by atoms with E-state index in [1.165, 1.54) is 0 Å². The van der Waals surface area contributed by atoms with Crippen LogP contribution in [-0.2, 0) is 9.59 Å². The van der Waals surface area contributed by atoms with E-state index in [2.05, 4.69) is 5.32 Å². The van der Waals surface area contributed by atoms with E-state index in [0.717, 1.165) is 11.3 Å². The second-order valence-electron chi connectivity index (χ2n) is 4.88. The Balaban J connectivity index is 2.12. The summed E-state index contributed by atoms with van der Waals surface area (Å²) in [7, 11) is 0. The number of amides is 1. The van der Waals surface area contributed by atoms with Gasteiger partial charge in [-0.2, -0.15) is 0 Å². The summed E-state index contributed by atoms with van der Waals surface area (Å²) >= 11 is 0. The molecule has 0 spiro atoms. The highest BCUT2D eigenvalue weighted by Gasteiger charge is 2.52.